The Morgan fingerprint density at radius 1 is 1.26 bits per heavy atom. The molecule has 1 saturated heterocycles. The van der Waals surface area contributed by atoms with Crippen LogP contribution >= 0.6 is 0 Å². The van der Waals surface area contributed by atoms with Crippen molar-refractivity contribution in [3.05, 3.63) is 53.0 Å². The molecule has 164 valence electrons. The van der Waals surface area contributed by atoms with Crippen molar-refractivity contribution in [2.45, 2.75) is 38.7 Å². The molecule has 3 N–H and O–H groups in total. The molecule has 7 nitrogen and oxygen atoms in total. The average Bonchev–Trinajstić information content (AvgIpc) is 3.29. The van der Waals surface area contributed by atoms with Crippen molar-refractivity contribution in [1.29, 1.82) is 0 Å². The molecule has 7 heteroatoms. The van der Waals surface area contributed by atoms with E-state index >= 15 is 0 Å². The van der Waals surface area contributed by atoms with Crippen molar-refractivity contribution in [2.75, 3.05) is 31.1 Å². The number of anilines is 1. The van der Waals surface area contributed by atoms with Crippen molar-refractivity contribution in [2.24, 2.45) is 17.3 Å². The quantitative estimate of drug-likeness (QED) is 0.676. The predicted octanol–water partition coefficient (Wildman–Crippen LogP) is 1.53. The Kier molecular flexibility index (Phi) is 4.98. The molecule has 1 aromatic carbocycles. The molecule has 2 aliphatic heterocycles. The van der Waals surface area contributed by atoms with E-state index in [4.69, 9.17) is 4.98 Å². The van der Waals surface area contributed by atoms with Gasteiger partial charge in [0.25, 0.3) is 5.91 Å². The van der Waals surface area contributed by atoms with Crippen LogP contribution in [0.3, 0.4) is 0 Å². The smallest absolute Gasteiger partial charge is 0.270 e. The van der Waals surface area contributed by atoms with Crippen LogP contribution in [0.2, 0.25) is 0 Å². The second-order valence-corrected chi connectivity index (χ2v) is 9.58. The Labute approximate surface area is 182 Å². The molecule has 0 unspecified atom stereocenters. The summed E-state index contributed by atoms with van der Waals surface area (Å²) in [5, 5.41) is 24.2. The van der Waals surface area contributed by atoms with Gasteiger partial charge in [0.05, 0.1) is 6.10 Å². The van der Waals surface area contributed by atoms with Gasteiger partial charge in [0.15, 0.2) is 0 Å². The number of nitrogens with one attached hydrogen (secondary N) is 1. The summed E-state index contributed by atoms with van der Waals surface area (Å²) in [6, 6.07) is 10.2. The number of hydrogen-bond acceptors (Lipinski definition) is 6. The monoisotopic (exact) mass is 422 g/mol. The van der Waals surface area contributed by atoms with E-state index in [9.17, 15) is 15.0 Å². The minimum absolute atomic E-state index is 0.0194. The summed E-state index contributed by atoms with van der Waals surface area (Å²) in [5.74, 6) is 1.82. The van der Waals surface area contributed by atoms with Crippen molar-refractivity contribution in [1.82, 2.24) is 15.3 Å². The van der Waals surface area contributed by atoms with Gasteiger partial charge in [-0.25, -0.2) is 9.97 Å². The molecule has 2 aromatic rings. The number of amides is 1. The van der Waals surface area contributed by atoms with Gasteiger partial charge in [0.1, 0.15) is 17.3 Å². The van der Waals surface area contributed by atoms with Crippen LogP contribution in [0.5, 0.6) is 0 Å². The van der Waals surface area contributed by atoms with E-state index in [1.807, 2.05) is 18.2 Å². The van der Waals surface area contributed by atoms with Gasteiger partial charge < -0.3 is 20.4 Å². The summed E-state index contributed by atoms with van der Waals surface area (Å²) in [4.78, 5) is 24.1. The number of benzene rings is 1. The second kappa shape index (κ2) is 7.57. The highest BCUT2D eigenvalue weighted by atomic mass is 16.3. The van der Waals surface area contributed by atoms with Gasteiger partial charge >= 0.3 is 0 Å². The molecular weight excluding hydrogens is 392 g/mol. The van der Waals surface area contributed by atoms with Crippen LogP contribution in [0.15, 0.2) is 30.3 Å². The molecule has 0 bridgehead atoms. The number of carbonyl (C=O) groups excluding carboxylic acids is 1. The van der Waals surface area contributed by atoms with Gasteiger partial charge in [0, 0.05) is 43.6 Å². The number of fused-ring (bicyclic) bond motifs is 1. The number of aliphatic hydroxyl groups is 2. The maximum absolute atomic E-state index is 12.5. The Bertz CT molecular complexity index is 996. The molecular formula is C24H30N4O3. The Hall–Kier alpha value is -2.51. The van der Waals surface area contributed by atoms with Crippen molar-refractivity contribution >= 4 is 11.7 Å². The standard InChI is InChI=1S/C24H30N4O3/c1-14(2)10-19-26-21-16(8-9-25-23(21)31)22(27-19)28-11-18(30)24(13-28)17(12-29)20(24)15-6-4-3-5-7-15/h3-7,14,17-18,20,29-30H,8-13H2,1-2H3,(H,25,31)/t17-,18-,20-,24-/m1/s1. The Morgan fingerprint density at radius 2 is 2.03 bits per heavy atom. The van der Waals surface area contributed by atoms with E-state index in [0.29, 0.717) is 49.9 Å². The summed E-state index contributed by atoms with van der Waals surface area (Å²) >= 11 is 0. The summed E-state index contributed by atoms with van der Waals surface area (Å²) in [6.45, 7) is 5.90. The highest BCUT2D eigenvalue weighted by Gasteiger charge is 2.71. The van der Waals surface area contributed by atoms with Crippen molar-refractivity contribution in [3.8, 4) is 0 Å². The molecule has 5 rings (SSSR count). The van der Waals surface area contributed by atoms with Gasteiger partial charge in [-0.15, -0.1) is 0 Å². The van der Waals surface area contributed by atoms with Crippen LogP contribution in [-0.2, 0) is 12.8 Å². The number of hydrogen-bond donors (Lipinski definition) is 3. The summed E-state index contributed by atoms with van der Waals surface area (Å²) < 4.78 is 0. The maximum Gasteiger partial charge on any atom is 0.270 e. The molecule has 2 fully saturated rings. The number of nitrogens with zero attached hydrogens (tertiary/aromatic N) is 3. The average molecular weight is 423 g/mol. The summed E-state index contributed by atoms with van der Waals surface area (Å²) in [7, 11) is 0. The third-order valence-electron chi connectivity index (χ3n) is 7.19. The normalized spacial score (nSPS) is 29.4. The second-order valence-electron chi connectivity index (χ2n) is 9.58. The largest absolute Gasteiger partial charge is 0.396 e. The van der Waals surface area contributed by atoms with Gasteiger partial charge in [-0.1, -0.05) is 44.2 Å². The van der Waals surface area contributed by atoms with Gasteiger partial charge in [-0.2, -0.15) is 0 Å². The number of carbonyl (C=O) groups is 1. The number of aliphatic hydroxyl groups excluding tert-OH is 2. The Balaban J connectivity index is 1.52. The topological polar surface area (TPSA) is 98.6 Å². The third-order valence-corrected chi connectivity index (χ3v) is 7.19. The molecule has 3 aliphatic rings. The Morgan fingerprint density at radius 3 is 2.74 bits per heavy atom. The number of β-amino-alcohol motifs (C(OH)–C–C–N with tert-alkyl or cyclic N) is 1. The zero-order chi connectivity index (χ0) is 21.8. The van der Waals surface area contributed by atoms with Gasteiger partial charge in [0.2, 0.25) is 0 Å². The van der Waals surface area contributed by atoms with E-state index in [1.165, 1.54) is 0 Å². The minimum atomic E-state index is -0.563. The highest BCUT2D eigenvalue weighted by molar-refractivity contribution is 5.96. The fourth-order valence-electron chi connectivity index (χ4n) is 5.77. The van der Waals surface area contributed by atoms with Gasteiger partial charge in [-0.05, 0) is 29.7 Å². The zero-order valence-corrected chi connectivity index (χ0v) is 18.1. The predicted molar refractivity (Wildman–Crippen MR) is 117 cm³/mol. The fraction of sp³-hybridized carbons (Fsp3) is 0.542. The molecule has 4 atom stereocenters. The van der Waals surface area contributed by atoms with E-state index in [-0.39, 0.29) is 29.8 Å². The van der Waals surface area contributed by atoms with Crippen LogP contribution in [0.1, 0.15) is 47.2 Å². The van der Waals surface area contributed by atoms with E-state index in [2.05, 4.69) is 41.2 Å². The lowest BCUT2D eigenvalue weighted by molar-refractivity contribution is 0.0940. The van der Waals surface area contributed by atoms with E-state index < -0.39 is 6.10 Å². The summed E-state index contributed by atoms with van der Waals surface area (Å²) in [6.07, 6.45) is 0.816. The van der Waals surface area contributed by atoms with Crippen LogP contribution in [0, 0.1) is 17.3 Å². The number of aromatic nitrogens is 2. The van der Waals surface area contributed by atoms with Crippen LogP contribution in [0.25, 0.3) is 0 Å². The molecule has 1 aliphatic carbocycles. The van der Waals surface area contributed by atoms with Gasteiger partial charge in [-0.3, -0.25) is 4.79 Å². The first-order chi connectivity index (χ1) is 15.0. The first-order valence-corrected chi connectivity index (χ1v) is 11.2. The molecule has 3 heterocycles. The van der Waals surface area contributed by atoms with Crippen LogP contribution in [0.4, 0.5) is 5.82 Å². The third kappa shape index (κ3) is 3.22. The SMILES string of the molecule is CC(C)Cc1nc2c(c(N3C[C@@H](O)[C@@]4(C3)[C@H](CO)[C@H]4c3ccccc3)n1)CCNC2=O. The lowest BCUT2D eigenvalue weighted by Gasteiger charge is -2.25. The molecule has 1 saturated carbocycles. The van der Waals surface area contributed by atoms with E-state index in [1.54, 1.807) is 0 Å². The highest BCUT2D eigenvalue weighted by Crippen LogP contribution is 2.69. The lowest BCUT2D eigenvalue weighted by atomic mass is 9.95. The first-order valence-electron chi connectivity index (χ1n) is 11.2. The number of rotatable bonds is 5. The molecule has 1 spiro atoms. The molecule has 1 aromatic heterocycles. The first kappa shape index (κ1) is 20.4. The zero-order valence-electron chi connectivity index (χ0n) is 18.1. The molecule has 0 radical (unpaired) electrons. The van der Waals surface area contributed by atoms with Crippen molar-refractivity contribution < 1.29 is 15.0 Å². The summed E-state index contributed by atoms with van der Waals surface area (Å²) in [5.41, 5.74) is 2.12. The van der Waals surface area contributed by atoms with Crippen molar-refractivity contribution in [3.63, 3.8) is 0 Å². The molecule has 31 heavy (non-hydrogen) atoms. The van der Waals surface area contributed by atoms with Crippen LogP contribution < -0.4 is 10.2 Å². The minimum Gasteiger partial charge on any atom is -0.396 e. The molecule has 1 amide bonds. The fourth-order valence-corrected chi connectivity index (χ4v) is 5.77. The lowest BCUT2D eigenvalue weighted by Crippen LogP contribution is -2.36. The van der Waals surface area contributed by atoms with E-state index in [0.717, 1.165) is 16.9 Å². The maximum atomic E-state index is 12.5. The van der Waals surface area contributed by atoms with Crippen LogP contribution in [-0.4, -0.2) is 58.4 Å².